The van der Waals surface area contributed by atoms with Gasteiger partial charge in [-0.15, -0.1) is 0 Å². The lowest BCUT2D eigenvalue weighted by atomic mass is 10.1. The molecule has 6 heteroatoms. The predicted molar refractivity (Wildman–Crippen MR) is 81.9 cm³/mol. The van der Waals surface area contributed by atoms with Crippen LogP contribution in [0, 0.1) is 0 Å². The van der Waals surface area contributed by atoms with E-state index in [0.717, 1.165) is 0 Å². The molecule has 1 amide bonds. The van der Waals surface area contributed by atoms with Gasteiger partial charge in [0.05, 0.1) is 14.2 Å². The number of esters is 1. The predicted octanol–water partition coefficient (Wildman–Crippen LogP) is 1.01. The summed E-state index contributed by atoms with van der Waals surface area (Å²) in [5.74, 6) is 0.417. The zero-order chi connectivity index (χ0) is 16.1. The summed E-state index contributed by atoms with van der Waals surface area (Å²) in [6.45, 7) is 4.33. The van der Waals surface area contributed by atoms with Crippen molar-refractivity contribution >= 4 is 11.9 Å². The molecule has 1 aromatic carbocycles. The second-order valence-corrected chi connectivity index (χ2v) is 5.26. The molecule has 6 nitrogen and oxygen atoms in total. The fourth-order valence-corrected chi connectivity index (χ4v) is 2.57. The molecule has 0 aromatic heterocycles. The molecule has 0 N–H and O–H groups in total. The van der Waals surface area contributed by atoms with Crippen molar-refractivity contribution in [2.75, 3.05) is 40.4 Å². The van der Waals surface area contributed by atoms with Gasteiger partial charge in [0.25, 0.3) is 5.91 Å². The number of hydrogen-bond acceptors (Lipinski definition) is 5. The molecule has 1 unspecified atom stereocenters. The highest BCUT2D eigenvalue weighted by Crippen LogP contribution is 2.16. The van der Waals surface area contributed by atoms with Gasteiger partial charge in [0.15, 0.2) is 0 Å². The van der Waals surface area contributed by atoms with Crippen LogP contribution in [0.1, 0.15) is 17.3 Å². The number of carbonyl (C=O) groups excluding carboxylic acids is 2. The minimum atomic E-state index is -0.279. The zero-order valence-corrected chi connectivity index (χ0v) is 13.2. The van der Waals surface area contributed by atoms with E-state index in [4.69, 9.17) is 9.47 Å². The van der Waals surface area contributed by atoms with Crippen molar-refractivity contribution < 1.29 is 19.1 Å². The van der Waals surface area contributed by atoms with Crippen LogP contribution in [0.25, 0.3) is 0 Å². The van der Waals surface area contributed by atoms with Crippen LogP contribution in [0.5, 0.6) is 5.75 Å². The number of amides is 1. The maximum atomic E-state index is 12.5. The first-order valence-corrected chi connectivity index (χ1v) is 7.32. The van der Waals surface area contributed by atoms with E-state index < -0.39 is 0 Å². The van der Waals surface area contributed by atoms with Crippen molar-refractivity contribution in [3.05, 3.63) is 29.8 Å². The molecule has 0 bridgehead atoms. The van der Waals surface area contributed by atoms with E-state index in [2.05, 4.69) is 0 Å². The lowest BCUT2D eigenvalue weighted by Gasteiger charge is -2.37. The topological polar surface area (TPSA) is 59.1 Å². The molecule has 1 aliphatic rings. The van der Waals surface area contributed by atoms with Crippen molar-refractivity contribution in [2.45, 2.75) is 13.0 Å². The van der Waals surface area contributed by atoms with Gasteiger partial charge in [0.1, 0.15) is 11.8 Å². The third-order valence-electron chi connectivity index (χ3n) is 4.01. The van der Waals surface area contributed by atoms with Gasteiger partial charge in [0.2, 0.25) is 0 Å². The number of benzene rings is 1. The summed E-state index contributed by atoms with van der Waals surface area (Å²) in [7, 11) is 2.97. The summed E-state index contributed by atoms with van der Waals surface area (Å²) < 4.78 is 9.91. The van der Waals surface area contributed by atoms with E-state index in [1.807, 2.05) is 24.0 Å². The Morgan fingerprint density at radius 1 is 1.14 bits per heavy atom. The van der Waals surface area contributed by atoms with Crippen LogP contribution in [0.15, 0.2) is 24.3 Å². The number of ether oxygens (including phenoxy) is 2. The maximum Gasteiger partial charge on any atom is 0.322 e. The molecule has 0 spiro atoms. The minimum Gasteiger partial charge on any atom is -0.497 e. The molecule has 1 saturated heterocycles. The van der Waals surface area contributed by atoms with Crippen molar-refractivity contribution in [1.82, 2.24) is 9.80 Å². The van der Waals surface area contributed by atoms with Gasteiger partial charge in [0, 0.05) is 31.7 Å². The highest BCUT2D eigenvalue weighted by molar-refractivity contribution is 5.94. The van der Waals surface area contributed by atoms with Gasteiger partial charge in [-0.25, -0.2) is 0 Å². The normalized spacial score (nSPS) is 17.0. The van der Waals surface area contributed by atoms with E-state index in [1.54, 1.807) is 24.1 Å². The van der Waals surface area contributed by atoms with Gasteiger partial charge in [-0.3, -0.25) is 14.5 Å². The Morgan fingerprint density at radius 3 is 2.41 bits per heavy atom. The zero-order valence-electron chi connectivity index (χ0n) is 13.2. The van der Waals surface area contributed by atoms with Crippen molar-refractivity contribution in [3.8, 4) is 5.75 Å². The van der Waals surface area contributed by atoms with E-state index in [1.165, 1.54) is 7.11 Å². The highest BCUT2D eigenvalue weighted by atomic mass is 16.5. The monoisotopic (exact) mass is 306 g/mol. The number of rotatable bonds is 4. The van der Waals surface area contributed by atoms with Crippen molar-refractivity contribution in [2.24, 2.45) is 0 Å². The van der Waals surface area contributed by atoms with E-state index in [-0.39, 0.29) is 17.9 Å². The van der Waals surface area contributed by atoms with E-state index in [0.29, 0.717) is 37.5 Å². The molecule has 0 aliphatic carbocycles. The average molecular weight is 306 g/mol. The number of nitrogens with zero attached hydrogens (tertiary/aromatic N) is 2. The second kappa shape index (κ2) is 7.26. The molecule has 2 rings (SSSR count). The average Bonchev–Trinajstić information content (AvgIpc) is 2.59. The molecular formula is C16H22N2O4. The maximum absolute atomic E-state index is 12.5. The number of hydrogen-bond donors (Lipinski definition) is 0. The Balaban J connectivity index is 1.96. The van der Waals surface area contributed by atoms with Crippen LogP contribution in [0.3, 0.4) is 0 Å². The Kier molecular flexibility index (Phi) is 5.38. The summed E-state index contributed by atoms with van der Waals surface area (Å²) in [6.07, 6.45) is 0. The smallest absolute Gasteiger partial charge is 0.322 e. The lowest BCUT2D eigenvalue weighted by molar-refractivity contribution is -0.146. The fourth-order valence-electron chi connectivity index (χ4n) is 2.57. The molecule has 1 aliphatic heterocycles. The first kappa shape index (κ1) is 16.3. The van der Waals surface area contributed by atoms with Gasteiger partial charge in [-0.05, 0) is 25.1 Å². The minimum absolute atomic E-state index is 0.00993. The van der Waals surface area contributed by atoms with Gasteiger partial charge >= 0.3 is 5.97 Å². The van der Waals surface area contributed by atoms with Crippen LogP contribution in [0.4, 0.5) is 0 Å². The van der Waals surface area contributed by atoms with E-state index in [9.17, 15) is 9.59 Å². The second-order valence-electron chi connectivity index (χ2n) is 5.26. The highest BCUT2D eigenvalue weighted by Gasteiger charge is 2.28. The van der Waals surface area contributed by atoms with Gasteiger partial charge in [-0.1, -0.05) is 6.07 Å². The lowest BCUT2D eigenvalue weighted by Crippen LogP contribution is -2.53. The molecule has 22 heavy (non-hydrogen) atoms. The summed E-state index contributed by atoms with van der Waals surface area (Å²) in [5.41, 5.74) is 0.619. The molecule has 1 atom stereocenters. The number of methoxy groups -OCH3 is 2. The largest absolute Gasteiger partial charge is 0.497 e. The quantitative estimate of drug-likeness (QED) is 0.777. The van der Waals surface area contributed by atoms with Crippen LogP contribution < -0.4 is 4.74 Å². The van der Waals surface area contributed by atoms with Gasteiger partial charge < -0.3 is 14.4 Å². The van der Waals surface area contributed by atoms with Crippen molar-refractivity contribution in [1.29, 1.82) is 0 Å². The van der Waals surface area contributed by atoms with Crippen LogP contribution in [0.2, 0.25) is 0 Å². The number of carbonyl (C=O) groups is 2. The molecule has 1 fully saturated rings. The summed E-state index contributed by atoms with van der Waals surface area (Å²) in [5, 5.41) is 0. The van der Waals surface area contributed by atoms with Crippen LogP contribution >= 0.6 is 0 Å². The Bertz CT molecular complexity index is 539. The molecule has 1 aromatic rings. The Labute approximate surface area is 130 Å². The van der Waals surface area contributed by atoms with Crippen LogP contribution in [-0.2, 0) is 9.53 Å². The fraction of sp³-hybridized carbons (Fsp3) is 0.500. The van der Waals surface area contributed by atoms with Crippen molar-refractivity contribution in [3.63, 3.8) is 0 Å². The van der Waals surface area contributed by atoms with Crippen LogP contribution in [-0.4, -0.2) is 68.1 Å². The van der Waals surface area contributed by atoms with Gasteiger partial charge in [-0.2, -0.15) is 0 Å². The third-order valence-corrected chi connectivity index (χ3v) is 4.01. The molecule has 0 radical (unpaired) electrons. The SMILES string of the molecule is COC(=O)C(C)N1CCN(C(=O)c2cccc(OC)c2)CC1. The molecule has 120 valence electrons. The summed E-state index contributed by atoms with van der Waals surface area (Å²) >= 11 is 0. The van der Waals surface area contributed by atoms with E-state index >= 15 is 0 Å². The Morgan fingerprint density at radius 2 is 1.82 bits per heavy atom. The molecular weight excluding hydrogens is 284 g/mol. The summed E-state index contributed by atoms with van der Waals surface area (Å²) in [4.78, 5) is 27.9. The summed E-state index contributed by atoms with van der Waals surface area (Å²) in [6, 6.07) is 6.87. The molecule has 1 heterocycles. The first-order chi connectivity index (χ1) is 10.6. The Hall–Kier alpha value is -2.08. The standard InChI is InChI=1S/C16H22N2O4/c1-12(16(20)22-3)17-7-9-18(10-8-17)15(19)13-5-4-6-14(11-13)21-2/h4-6,11-12H,7-10H2,1-3H3. The third kappa shape index (κ3) is 3.57. The first-order valence-electron chi connectivity index (χ1n) is 7.32. The molecule has 0 saturated carbocycles. The number of piperazine rings is 1.